The lowest BCUT2D eigenvalue weighted by Gasteiger charge is -2.19. The topological polar surface area (TPSA) is 41.1 Å². The quantitative estimate of drug-likeness (QED) is 0.481. The molecule has 1 aliphatic rings. The Labute approximate surface area is 78.6 Å². The van der Waals surface area contributed by atoms with Crippen molar-refractivity contribution in [3.63, 3.8) is 0 Å². The van der Waals surface area contributed by atoms with Crippen LogP contribution in [-0.4, -0.2) is 18.6 Å². The fraction of sp³-hybridized carbons (Fsp3) is 0.500. The van der Waals surface area contributed by atoms with E-state index in [2.05, 4.69) is 28.7 Å². The van der Waals surface area contributed by atoms with Crippen molar-refractivity contribution in [1.82, 2.24) is 10.6 Å². The predicted molar refractivity (Wildman–Crippen MR) is 52.1 cm³/mol. The van der Waals surface area contributed by atoms with Gasteiger partial charge >= 0.3 is 6.03 Å². The monoisotopic (exact) mass is 178 g/mol. The molecular formula is C10H14N2O. The van der Waals surface area contributed by atoms with Crippen molar-refractivity contribution >= 4 is 6.03 Å². The summed E-state index contributed by atoms with van der Waals surface area (Å²) in [6.07, 6.45) is 12.2. The van der Waals surface area contributed by atoms with Crippen LogP contribution in [0.3, 0.4) is 0 Å². The maximum atomic E-state index is 11.1. The second-order valence-corrected chi connectivity index (χ2v) is 3.01. The summed E-state index contributed by atoms with van der Waals surface area (Å²) >= 11 is 0. The van der Waals surface area contributed by atoms with Crippen molar-refractivity contribution in [1.29, 1.82) is 0 Å². The summed E-state index contributed by atoms with van der Waals surface area (Å²) in [7, 11) is 0. The molecule has 3 nitrogen and oxygen atoms in total. The van der Waals surface area contributed by atoms with Gasteiger partial charge in [-0.15, -0.1) is 6.42 Å². The molecule has 0 fully saturated rings. The normalized spacial score (nSPS) is 20.4. The van der Waals surface area contributed by atoms with Crippen molar-refractivity contribution < 1.29 is 4.79 Å². The molecule has 0 heterocycles. The first-order valence-corrected chi connectivity index (χ1v) is 4.45. The number of carbonyl (C=O) groups is 1. The van der Waals surface area contributed by atoms with Crippen molar-refractivity contribution in [3.8, 4) is 12.3 Å². The summed E-state index contributed by atoms with van der Waals surface area (Å²) in [5.41, 5.74) is 0. The van der Waals surface area contributed by atoms with Gasteiger partial charge in [0.05, 0.1) is 6.54 Å². The highest BCUT2D eigenvalue weighted by Gasteiger charge is 2.11. The average Bonchev–Trinajstić information content (AvgIpc) is 2.16. The first kappa shape index (κ1) is 9.66. The van der Waals surface area contributed by atoms with Gasteiger partial charge in [-0.1, -0.05) is 18.1 Å². The van der Waals surface area contributed by atoms with Crippen molar-refractivity contribution in [2.75, 3.05) is 6.54 Å². The molecule has 1 rings (SSSR count). The van der Waals surface area contributed by atoms with Gasteiger partial charge < -0.3 is 10.6 Å². The van der Waals surface area contributed by atoms with E-state index in [1.807, 2.05) is 0 Å². The molecule has 2 N–H and O–H groups in total. The third-order valence-corrected chi connectivity index (χ3v) is 1.96. The molecule has 0 radical (unpaired) electrons. The smallest absolute Gasteiger partial charge is 0.315 e. The van der Waals surface area contributed by atoms with Crippen molar-refractivity contribution in [2.24, 2.45) is 0 Å². The Kier molecular flexibility index (Phi) is 3.90. The third kappa shape index (κ3) is 3.66. The van der Waals surface area contributed by atoms with Crippen molar-refractivity contribution in [2.45, 2.75) is 25.3 Å². The van der Waals surface area contributed by atoms with Crippen LogP contribution in [0.1, 0.15) is 19.3 Å². The minimum Gasteiger partial charge on any atom is -0.335 e. The summed E-state index contributed by atoms with van der Waals surface area (Å²) < 4.78 is 0. The Morgan fingerprint density at radius 1 is 1.62 bits per heavy atom. The molecular weight excluding hydrogens is 164 g/mol. The van der Waals surface area contributed by atoms with Gasteiger partial charge in [0, 0.05) is 6.04 Å². The van der Waals surface area contributed by atoms with Gasteiger partial charge in [-0.25, -0.2) is 4.79 Å². The van der Waals surface area contributed by atoms with Gasteiger partial charge in [-0.2, -0.15) is 0 Å². The number of rotatable bonds is 2. The molecule has 0 saturated heterocycles. The highest BCUT2D eigenvalue weighted by Crippen LogP contribution is 2.09. The summed E-state index contributed by atoms with van der Waals surface area (Å²) in [5.74, 6) is 2.35. The third-order valence-electron chi connectivity index (χ3n) is 1.96. The summed E-state index contributed by atoms with van der Waals surface area (Å²) in [6.45, 7) is 0.286. The summed E-state index contributed by atoms with van der Waals surface area (Å²) in [5, 5.41) is 5.43. The van der Waals surface area contributed by atoms with Gasteiger partial charge in [-0.05, 0) is 19.3 Å². The van der Waals surface area contributed by atoms with Crippen LogP contribution in [0.4, 0.5) is 4.79 Å². The van der Waals surface area contributed by atoms with E-state index in [0.717, 1.165) is 19.3 Å². The van der Waals surface area contributed by atoms with Gasteiger partial charge in [0.25, 0.3) is 0 Å². The Morgan fingerprint density at radius 3 is 3.08 bits per heavy atom. The van der Waals surface area contributed by atoms with E-state index in [0.29, 0.717) is 0 Å². The summed E-state index contributed by atoms with van der Waals surface area (Å²) in [6, 6.07) is 0.0982. The summed E-state index contributed by atoms with van der Waals surface area (Å²) in [4.78, 5) is 11.1. The molecule has 3 heteroatoms. The molecule has 2 amide bonds. The Hall–Kier alpha value is -1.43. The molecule has 13 heavy (non-hydrogen) atoms. The lowest BCUT2D eigenvalue weighted by molar-refractivity contribution is 0.237. The SMILES string of the molecule is C#CCNC(=O)NC1CC=CCC1. The molecule has 0 bridgehead atoms. The number of amides is 2. The molecule has 0 aliphatic heterocycles. The molecule has 1 unspecified atom stereocenters. The minimum absolute atomic E-state index is 0.168. The van der Waals surface area contributed by atoms with E-state index in [1.54, 1.807) is 0 Å². The van der Waals surface area contributed by atoms with Crippen LogP contribution in [-0.2, 0) is 0 Å². The van der Waals surface area contributed by atoms with Gasteiger partial charge in [-0.3, -0.25) is 0 Å². The first-order valence-electron chi connectivity index (χ1n) is 4.45. The fourth-order valence-corrected chi connectivity index (χ4v) is 1.29. The number of terminal acetylenes is 1. The Bertz CT molecular complexity index is 240. The van der Waals surface area contributed by atoms with Crippen LogP contribution < -0.4 is 10.6 Å². The van der Waals surface area contributed by atoms with Crippen LogP contribution in [0.5, 0.6) is 0 Å². The molecule has 0 aromatic rings. The van der Waals surface area contributed by atoms with Gasteiger partial charge in [0.1, 0.15) is 0 Å². The molecule has 0 aromatic carbocycles. The average molecular weight is 178 g/mol. The highest BCUT2D eigenvalue weighted by molar-refractivity contribution is 5.74. The largest absolute Gasteiger partial charge is 0.335 e. The second-order valence-electron chi connectivity index (χ2n) is 3.01. The van der Waals surface area contributed by atoms with E-state index >= 15 is 0 Å². The zero-order valence-electron chi connectivity index (χ0n) is 7.55. The van der Waals surface area contributed by atoms with Crippen LogP contribution in [0.15, 0.2) is 12.2 Å². The maximum absolute atomic E-state index is 11.1. The van der Waals surface area contributed by atoms with E-state index < -0.39 is 0 Å². The molecule has 0 aromatic heterocycles. The van der Waals surface area contributed by atoms with E-state index in [-0.39, 0.29) is 18.6 Å². The highest BCUT2D eigenvalue weighted by atomic mass is 16.2. The molecule has 1 aliphatic carbocycles. The second kappa shape index (κ2) is 5.26. The lowest BCUT2D eigenvalue weighted by atomic mass is 10.0. The fourth-order valence-electron chi connectivity index (χ4n) is 1.29. The number of urea groups is 1. The lowest BCUT2D eigenvalue weighted by Crippen LogP contribution is -2.42. The van der Waals surface area contributed by atoms with E-state index in [9.17, 15) is 4.79 Å². The number of allylic oxidation sites excluding steroid dienone is 1. The zero-order chi connectivity index (χ0) is 9.52. The van der Waals surface area contributed by atoms with Crippen LogP contribution in [0.2, 0.25) is 0 Å². The number of nitrogens with one attached hydrogen (secondary N) is 2. The van der Waals surface area contributed by atoms with Gasteiger partial charge in [0.2, 0.25) is 0 Å². The Morgan fingerprint density at radius 2 is 2.46 bits per heavy atom. The standard InChI is InChI=1S/C10H14N2O/c1-2-8-11-10(13)12-9-6-4-3-5-7-9/h1,3-4,9H,5-8H2,(H2,11,12,13). The minimum atomic E-state index is -0.168. The van der Waals surface area contributed by atoms with Crippen LogP contribution in [0, 0.1) is 12.3 Å². The Balaban J connectivity index is 2.20. The van der Waals surface area contributed by atoms with E-state index in [4.69, 9.17) is 6.42 Å². The molecule has 0 spiro atoms. The molecule has 0 saturated carbocycles. The van der Waals surface area contributed by atoms with Crippen LogP contribution >= 0.6 is 0 Å². The van der Waals surface area contributed by atoms with E-state index in [1.165, 1.54) is 0 Å². The zero-order valence-corrected chi connectivity index (χ0v) is 7.55. The molecule has 1 atom stereocenters. The number of hydrogen-bond donors (Lipinski definition) is 2. The van der Waals surface area contributed by atoms with Crippen molar-refractivity contribution in [3.05, 3.63) is 12.2 Å². The first-order chi connectivity index (χ1) is 6.33. The predicted octanol–water partition coefficient (Wildman–Crippen LogP) is 1.03. The maximum Gasteiger partial charge on any atom is 0.315 e. The number of carbonyl (C=O) groups excluding carboxylic acids is 1. The van der Waals surface area contributed by atoms with Crippen LogP contribution in [0.25, 0.3) is 0 Å². The number of hydrogen-bond acceptors (Lipinski definition) is 1. The van der Waals surface area contributed by atoms with Gasteiger partial charge in [0.15, 0.2) is 0 Å². The molecule has 70 valence electrons.